The van der Waals surface area contributed by atoms with Crippen LogP contribution in [0.2, 0.25) is 5.35 Å². The molecule has 1 aromatic heterocycles. The summed E-state index contributed by atoms with van der Waals surface area (Å²) in [7, 11) is -3.71. The summed E-state index contributed by atoms with van der Waals surface area (Å²) in [5.74, 6) is -1.44. The number of Topliss-reactive ketones (excluding diaryl/α,β-unsaturated/α-hetero) is 1. The van der Waals surface area contributed by atoms with Crippen LogP contribution in [-0.2, 0) is 24.4 Å². The van der Waals surface area contributed by atoms with Crippen molar-refractivity contribution in [3.05, 3.63) is 41.3 Å². The molecule has 0 unspecified atom stereocenters. The summed E-state index contributed by atoms with van der Waals surface area (Å²) in [5.41, 5.74) is 1.58. The average Bonchev–Trinajstić information content (AvgIpc) is 3.85. The van der Waals surface area contributed by atoms with Crippen molar-refractivity contribution in [2.75, 3.05) is 6.54 Å². The first-order valence-corrected chi connectivity index (χ1v) is 17.1. The van der Waals surface area contributed by atoms with Crippen molar-refractivity contribution in [2.24, 2.45) is 17.3 Å². The van der Waals surface area contributed by atoms with Gasteiger partial charge in [0.05, 0.1) is 22.8 Å². The number of nitrogens with one attached hydrogen (secondary N) is 1. The van der Waals surface area contributed by atoms with Gasteiger partial charge < -0.3 is 14.4 Å². The quantitative estimate of drug-likeness (QED) is 0.471. The Kier molecular flexibility index (Phi) is 9.34. The molecule has 2 N–H and O–H groups in total. The van der Waals surface area contributed by atoms with E-state index in [2.05, 4.69) is 9.71 Å². The molecule has 3 heterocycles. The molecule has 234 valence electrons. The molecule has 10 nitrogen and oxygen atoms in total. The second-order valence-electron chi connectivity index (χ2n) is 12.5. The Morgan fingerprint density at radius 3 is 2.67 bits per heavy atom. The number of para-hydroxylation sites is 1. The maximum atomic E-state index is 13.3. The Balaban J connectivity index is 0.000000279. The highest BCUT2D eigenvalue weighted by Gasteiger charge is 2.61. The molecule has 0 radical (unpaired) electrons. The molecule has 5 atom stereocenters. The number of benzene rings is 1. The molecule has 43 heavy (non-hydrogen) atoms. The van der Waals surface area contributed by atoms with E-state index in [4.69, 9.17) is 16.0 Å². The van der Waals surface area contributed by atoms with Gasteiger partial charge in [-0.2, -0.15) is 4.98 Å². The van der Waals surface area contributed by atoms with Crippen LogP contribution >= 0.6 is 11.6 Å². The molecule has 2 saturated carbocycles. The van der Waals surface area contributed by atoms with Crippen LogP contribution in [0.3, 0.4) is 0 Å². The van der Waals surface area contributed by atoms with Gasteiger partial charge in [-0.05, 0) is 74.6 Å². The molecule has 0 spiro atoms. The van der Waals surface area contributed by atoms with Crippen LogP contribution in [0.1, 0.15) is 76.7 Å². The number of ketones is 1. The first-order valence-electron chi connectivity index (χ1n) is 15.2. The molecule has 0 bridgehead atoms. The first-order chi connectivity index (χ1) is 20.4. The number of allylic oxidation sites excluding steroid dienone is 2. The van der Waals surface area contributed by atoms with Gasteiger partial charge in [0.2, 0.25) is 21.8 Å². The molecule has 1 aromatic carbocycles. The van der Waals surface area contributed by atoms with Gasteiger partial charge in [-0.1, -0.05) is 44.1 Å². The predicted octanol–water partition coefficient (Wildman–Crippen LogP) is 4.47. The van der Waals surface area contributed by atoms with Gasteiger partial charge in [-0.3, -0.25) is 19.1 Å². The lowest BCUT2D eigenvalue weighted by molar-refractivity contribution is -0.141. The van der Waals surface area contributed by atoms with Crippen molar-refractivity contribution in [3.8, 4) is 0 Å². The minimum Gasteiger partial charge on any atom is -0.428 e. The van der Waals surface area contributed by atoms with Gasteiger partial charge in [-0.25, -0.2) is 8.42 Å². The number of rotatable bonds is 3. The van der Waals surface area contributed by atoms with Gasteiger partial charge in [0.1, 0.15) is 5.52 Å². The predicted molar refractivity (Wildman–Crippen MR) is 162 cm³/mol. The summed E-state index contributed by atoms with van der Waals surface area (Å²) in [6.45, 7) is 3.96. The Morgan fingerprint density at radius 1 is 1.19 bits per heavy atom. The van der Waals surface area contributed by atoms with Crippen molar-refractivity contribution in [3.63, 3.8) is 0 Å². The molecule has 2 aliphatic carbocycles. The van der Waals surface area contributed by atoms with Crippen LogP contribution in [0.25, 0.3) is 11.1 Å². The zero-order valence-electron chi connectivity index (χ0n) is 24.6. The summed E-state index contributed by atoms with van der Waals surface area (Å²) >= 11 is 5.58. The number of amides is 2. The summed E-state index contributed by atoms with van der Waals surface area (Å²) in [6, 6.07) is 4.97. The summed E-state index contributed by atoms with van der Waals surface area (Å²) in [5, 5.41) is 9.88. The minimum atomic E-state index is -3.71. The van der Waals surface area contributed by atoms with E-state index in [1.807, 2.05) is 44.2 Å². The molecular weight excluding hydrogens is 594 g/mol. The minimum absolute atomic E-state index is 0.121. The monoisotopic (exact) mass is 633 g/mol. The zero-order valence-corrected chi connectivity index (χ0v) is 26.2. The summed E-state index contributed by atoms with van der Waals surface area (Å²) in [6.07, 6.45) is 9.24. The van der Waals surface area contributed by atoms with E-state index in [-0.39, 0.29) is 48.3 Å². The molecule has 12 heteroatoms. The van der Waals surface area contributed by atoms with Gasteiger partial charge in [0.15, 0.2) is 11.4 Å². The van der Waals surface area contributed by atoms with E-state index >= 15 is 0 Å². The number of oxazole rings is 1. The molecule has 2 aliphatic heterocycles. The second kappa shape index (κ2) is 12.7. The van der Waals surface area contributed by atoms with E-state index in [1.165, 1.54) is 4.90 Å². The van der Waals surface area contributed by atoms with E-state index < -0.39 is 38.7 Å². The smallest absolute Gasteiger partial charge is 0.293 e. The number of hydrogen-bond acceptors (Lipinski definition) is 8. The number of aliphatic hydroxyl groups is 1. The maximum absolute atomic E-state index is 13.3. The van der Waals surface area contributed by atoms with Crippen molar-refractivity contribution < 1.29 is 32.3 Å². The van der Waals surface area contributed by atoms with Crippen molar-refractivity contribution >= 4 is 50.3 Å². The van der Waals surface area contributed by atoms with Crippen LogP contribution < -0.4 is 4.72 Å². The van der Waals surface area contributed by atoms with Crippen LogP contribution in [-0.4, -0.2) is 64.9 Å². The van der Waals surface area contributed by atoms with E-state index in [0.717, 1.165) is 48.8 Å². The van der Waals surface area contributed by atoms with Crippen LogP contribution in [0.4, 0.5) is 0 Å². The van der Waals surface area contributed by atoms with Crippen molar-refractivity contribution in [1.82, 2.24) is 14.6 Å². The number of sulfonamides is 1. The van der Waals surface area contributed by atoms with Gasteiger partial charge in [0, 0.05) is 25.3 Å². The van der Waals surface area contributed by atoms with Crippen LogP contribution in [0.15, 0.2) is 34.8 Å². The van der Waals surface area contributed by atoms with E-state index in [1.54, 1.807) is 0 Å². The second-order valence-corrected chi connectivity index (χ2v) is 14.8. The van der Waals surface area contributed by atoms with Crippen molar-refractivity contribution in [1.29, 1.82) is 0 Å². The lowest BCUT2D eigenvalue weighted by Gasteiger charge is -2.27. The molecule has 3 fully saturated rings. The number of carbonyl (C=O) groups is 3. The highest BCUT2D eigenvalue weighted by molar-refractivity contribution is 7.90. The van der Waals surface area contributed by atoms with E-state index in [0.29, 0.717) is 19.3 Å². The average molecular weight is 634 g/mol. The van der Waals surface area contributed by atoms with Gasteiger partial charge in [0.25, 0.3) is 5.35 Å². The van der Waals surface area contributed by atoms with Crippen LogP contribution in [0, 0.1) is 24.2 Å². The third-order valence-corrected chi connectivity index (χ3v) is 11.1. The standard InChI is InChI=1S/C23H34N2O6S.C8H6ClNO/c1-15-7-5-3-2-4-6-8-16-12-23(16,22(29)24-32(30,31)18-9-10-18)13-20(27)19-11-17(26)14-25(19)21(15)28;1-5-3-2-4-6-7(5)10-8(9)11-6/h6,8,15-19,26H,2-5,7,9-14H2,1H3,(H,24,29);2-4H,1H3/b8-6-;/t15-,16+,17+,19-,23+;/m0./s1. The molecule has 6 rings (SSSR count). The number of carbonyl (C=O) groups excluding carboxylic acids is 3. The lowest BCUT2D eigenvalue weighted by Crippen LogP contribution is -2.46. The van der Waals surface area contributed by atoms with Gasteiger partial charge >= 0.3 is 0 Å². The fourth-order valence-electron chi connectivity index (χ4n) is 6.23. The number of aromatic nitrogens is 1. The van der Waals surface area contributed by atoms with Gasteiger partial charge in [-0.15, -0.1) is 0 Å². The molecule has 4 aliphatic rings. The molecule has 2 aromatic rings. The Bertz CT molecular complexity index is 1520. The fraction of sp³-hybridized carbons (Fsp3) is 0.613. The highest BCUT2D eigenvalue weighted by Crippen LogP contribution is 2.57. The maximum Gasteiger partial charge on any atom is 0.293 e. The third kappa shape index (κ3) is 7.15. The normalized spacial score (nSPS) is 30.7. The lowest BCUT2D eigenvalue weighted by atomic mass is 9.91. The fourth-order valence-corrected chi connectivity index (χ4v) is 7.78. The third-order valence-electron chi connectivity index (χ3n) is 9.10. The molecule has 2 amide bonds. The number of nitrogens with zero attached hydrogens (tertiary/aromatic N) is 2. The number of fused-ring (bicyclic) bond motifs is 3. The number of halogens is 1. The molecule has 1 saturated heterocycles. The van der Waals surface area contributed by atoms with Crippen LogP contribution in [0.5, 0.6) is 0 Å². The Labute approximate surface area is 257 Å². The SMILES string of the molecule is C[C@H]1CCCCC/C=C\[C@@H]2C[C@@]2(C(=O)NS(=O)(=O)C2CC2)CC(=O)[C@@H]2C[C@@H](O)CN2C1=O.Cc1cccc2oc(Cl)nc12. The number of aryl methyl sites for hydroxylation is 1. The van der Waals surface area contributed by atoms with Crippen molar-refractivity contribution in [2.45, 2.75) is 95.5 Å². The Morgan fingerprint density at radius 2 is 1.95 bits per heavy atom. The first kappa shape index (κ1) is 31.7. The Hall–Kier alpha value is -2.76. The number of hydrogen-bond donors (Lipinski definition) is 2. The topological polar surface area (TPSA) is 147 Å². The summed E-state index contributed by atoms with van der Waals surface area (Å²) in [4.78, 5) is 45.0. The zero-order chi connectivity index (χ0) is 30.9. The van der Waals surface area contributed by atoms with E-state index in [9.17, 15) is 27.9 Å². The number of aliphatic hydroxyl groups excluding tert-OH is 1. The summed E-state index contributed by atoms with van der Waals surface area (Å²) < 4.78 is 32.1. The largest absolute Gasteiger partial charge is 0.428 e. The molecular formula is C31H40ClN3O7S. The highest BCUT2D eigenvalue weighted by atomic mass is 35.5.